The quantitative estimate of drug-likeness (QED) is 0.493. The van der Waals surface area contributed by atoms with Gasteiger partial charge in [-0.15, -0.1) is 0 Å². The molecule has 2 aromatic rings. The third-order valence-corrected chi connectivity index (χ3v) is 8.80. The van der Waals surface area contributed by atoms with Gasteiger partial charge in [0.1, 0.15) is 5.82 Å². The zero-order valence-electron chi connectivity index (χ0n) is 21.3. The summed E-state index contributed by atoms with van der Waals surface area (Å²) < 4.78 is 14.9. The van der Waals surface area contributed by atoms with Crippen molar-refractivity contribution in [3.8, 4) is 0 Å². The molecule has 1 aliphatic heterocycles. The van der Waals surface area contributed by atoms with Gasteiger partial charge < -0.3 is 10.0 Å². The molecule has 36 heavy (non-hydrogen) atoms. The average Bonchev–Trinajstić information content (AvgIpc) is 3.34. The van der Waals surface area contributed by atoms with Crippen LogP contribution in [0.2, 0.25) is 0 Å². The molecule has 1 atom stereocenters. The molecule has 5 rings (SSSR count). The predicted octanol–water partition coefficient (Wildman–Crippen LogP) is 6.62. The lowest BCUT2D eigenvalue weighted by Crippen LogP contribution is -2.53. The summed E-state index contributed by atoms with van der Waals surface area (Å²) in [5, 5.41) is 9.25. The Morgan fingerprint density at radius 3 is 2.25 bits per heavy atom. The van der Waals surface area contributed by atoms with E-state index in [1.807, 2.05) is 23.1 Å². The van der Waals surface area contributed by atoms with Crippen LogP contribution in [-0.4, -0.2) is 35.0 Å². The van der Waals surface area contributed by atoms with Gasteiger partial charge in [-0.05, 0) is 48.6 Å². The van der Waals surface area contributed by atoms with Crippen molar-refractivity contribution in [2.45, 2.75) is 58.3 Å². The van der Waals surface area contributed by atoms with Gasteiger partial charge in [-0.25, -0.2) is 9.18 Å². The van der Waals surface area contributed by atoms with E-state index in [2.05, 4.69) is 32.9 Å². The molecule has 1 amide bonds. The van der Waals surface area contributed by atoms with Gasteiger partial charge in [-0.3, -0.25) is 4.79 Å². The third-order valence-electron chi connectivity index (χ3n) is 8.80. The minimum Gasteiger partial charge on any atom is -0.478 e. The van der Waals surface area contributed by atoms with Gasteiger partial charge >= 0.3 is 5.97 Å². The summed E-state index contributed by atoms with van der Waals surface area (Å²) in [6.45, 7) is 7.78. The average molecular weight is 488 g/mol. The Hall–Kier alpha value is -3.21. The van der Waals surface area contributed by atoms with Crippen LogP contribution in [0.1, 0.15) is 74.4 Å². The van der Waals surface area contributed by atoms with Crippen LogP contribution in [0.15, 0.2) is 66.3 Å². The molecular weight excluding hydrogens is 453 g/mol. The molecule has 0 unspecified atom stereocenters. The maximum absolute atomic E-state index is 14.9. The summed E-state index contributed by atoms with van der Waals surface area (Å²) >= 11 is 0. The number of amides is 1. The van der Waals surface area contributed by atoms with E-state index in [4.69, 9.17) is 0 Å². The van der Waals surface area contributed by atoms with Crippen LogP contribution in [0.5, 0.6) is 0 Å². The lowest BCUT2D eigenvalue weighted by atomic mass is 9.58. The number of nitrogens with zero attached hydrogens (tertiary/aromatic N) is 1. The van der Waals surface area contributed by atoms with Crippen molar-refractivity contribution in [1.82, 2.24) is 4.90 Å². The number of carboxylic acids is 1. The first-order chi connectivity index (χ1) is 17.1. The number of carbonyl (C=O) groups is 2. The van der Waals surface area contributed by atoms with E-state index in [1.165, 1.54) is 17.2 Å². The van der Waals surface area contributed by atoms with Crippen LogP contribution in [0.25, 0.3) is 5.57 Å². The third kappa shape index (κ3) is 3.80. The summed E-state index contributed by atoms with van der Waals surface area (Å²) in [7, 11) is 0. The number of halogens is 1. The zero-order chi connectivity index (χ0) is 25.7. The molecule has 1 fully saturated rings. The van der Waals surface area contributed by atoms with Gasteiger partial charge in [-0.2, -0.15) is 0 Å². The molecule has 2 aliphatic carbocycles. The Bertz CT molecular complexity index is 1270. The zero-order valence-corrected chi connectivity index (χ0v) is 21.3. The Morgan fingerprint density at radius 1 is 0.944 bits per heavy atom. The standard InChI is InChI=1S/C31H34FNO3/c1-29(2)23(21-10-12-22(13-11-21)27(34)35)14-18-30(3)20-33(19-15-26(29)30)28(36)31(16-6-7-17-31)24-8-4-5-9-25(24)32/h4-5,8-15H,6-7,16-20H2,1-3H3,(H,34,35)/t30-/m1/s1. The Morgan fingerprint density at radius 2 is 1.61 bits per heavy atom. The van der Waals surface area contributed by atoms with Gasteiger partial charge in [0.25, 0.3) is 0 Å². The number of carbonyl (C=O) groups excluding carboxylic acids is 1. The number of rotatable bonds is 4. The maximum Gasteiger partial charge on any atom is 0.335 e. The lowest BCUT2D eigenvalue weighted by molar-refractivity contribution is -0.138. The Balaban J connectivity index is 1.45. The highest BCUT2D eigenvalue weighted by Crippen LogP contribution is 2.56. The Labute approximate surface area is 212 Å². The van der Waals surface area contributed by atoms with Crippen molar-refractivity contribution < 1.29 is 19.1 Å². The van der Waals surface area contributed by atoms with E-state index in [-0.39, 0.29) is 28.1 Å². The number of carboxylic acid groups (broad SMARTS) is 1. The molecule has 0 radical (unpaired) electrons. The van der Waals surface area contributed by atoms with Crippen LogP contribution >= 0.6 is 0 Å². The van der Waals surface area contributed by atoms with Crippen LogP contribution in [0, 0.1) is 16.6 Å². The highest BCUT2D eigenvalue weighted by molar-refractivity contribution is 5.90. The van der Waals surface area contributed by atoms with Crippen molar-refractivity contribution in [2.75, 3.05) is 13.1 Å². The number of fused-ring (bicyclic) bond motifs is 1. The van der Waals surface area contributed by atoms with E-state index in [9.17, 15) is 19.1 Å². The van der Waals surface area contributed by atoms with Gasteiger partial charge in [0, 0.05) is 29.5 Å². The minimum atomic E-state index is -0.929. The van der Waals surface area contributed by atoms with E-state index in [0.717, 1.165) is 24.8 Å². The molecule has 5 heteroatoms. The van der Waals surface area contributed by atoms with Gasteiger partial charge in [0.05, 0.1) is 11.0 Å². The van der Waals surface area contributed by atoms with Crippen molar-refractivity contribution in [3.05, 3.63) is 88.8 Å². The van der Waals surface area contributed by atoms with Crippen molar-refractivity contribution in [3.63, 3.8) is 0 Å². The van der Waals surface area contributed by atoms with Crippen molar-refractivity contribution in [1.29, 1.82) is 0 Å². The van der Waals surface area contributed by atoms with Crippen LogP contribution < -0.4 is 0 Å². The lowest BCUT2D eigenvalue weighted by Gasteiger charge is -2.51. The molecule has 4 nitrogen and oxygen atoms in total. The van der Waals surface area contributed by atoms with Crippen LogP contribution in [0.3, 0.4) is 0 Å². The van der Waals surface area contributed by atoms with E-state index in [1.54, 1.807) is 24.3 Å². The first-order valence-corrected chi connectivity index (χ1v) is 12.9. The predicted molar refractivity (Wildman–Crippen MR) is 139 cm³/mol. The highest BCUT2D eigenvalue weighted by atomic mass is 19.1. The van der Waals surface area contributed by atoms with E-state index >= 15 is 0 Å². The largest absolute Gasteiger partial charge is 0.478 e. The Kier molecular flexibility index (Phi) is 5.93. The second-order valence-corrected chi connectivity index (χ2v) is 11.5. The minimum absolute atomic E-state index is 0.0541. The molecule has 1 heterocycles. The number of hydrogen-bond donors (Lipinski definition) is 1. The normalized spacial score (nSPS) is 24.5. The highest BCUT2D eigenvalue weighted by Gasteiger charge is 2.51. The number of hydrogen-bond acceptors (Lipinski definition) is 2. The maximum atomic E-state index is 14.9. The van der Waals surface area contributed by atoms with Crippen LogP contribution in [0.4, 0.5) is 4.39 Å². The van der Waals surface area contributed by atoms with Gasteiger partial charge in [0.15, 0.2) is 0 Å². The molecule has 0 spiro atoms. The molecule has 1 N–H and O–H groups in total. The monoisotopic (exact) mass is 487 g/mol. The summed E-state index contributed by atoms with van der Waals surface area (Å²) in [4.78, 5) is 27.3. The summed E-state index contributed by atoms with van der Waals surface area (Å²) in [6, 6.07) is 13.9. The number of aromatic carboxylic acids is 1. The van der Waals surface area contributed by atoms with E-state index < -0.39 is 11.4 Å². The molecule has 0 aromatic heterocycles. The molecular formula is C31H34FNO3. The molecule has 1 saturated carbocycles. The fourth-order valence-electron chi connectivity index (χ4n) is 7.09. The molecule has 188 valence electrons. The molecule has 2 aromatic carbocycles. The first-order valence-electron chi connectivity index (χ1n) is 12.9. The van der Waals surface area contributed by atoms with Gasteiger partial charge in [0.2, 0.25) is 5.91 Å². The molecule has 3 aliphatic rings. The van der Waals surface area contributed by atoms with E-state index in [0.29, 0.717) is 31.5 Å². The fraction of sp³-hybridized carbons (Fsp3) is 0.419. The summed E-state index contributed by atoms with van der Waals surface area (Å²) in [6.07, 6.45) is 8.51. The van der Waals surface area contributed by atoms with Gasteiger partial charge in [-0.1, -0.05) is 81.7 Å². The van der Waals surface area contributed by atoms with Crippen molar-refractivity contribution >= 4 is 17.4 Å². The molecule has 0 bridgehead atoms. The smallest absolute Gasteiger partial charge is 0.335 e. The van der Waals surface area contributed by atoms with Crippen molar-refractivity contribution in [2.24, 2.45) is 10.8 Å². The fourth-order valence-corrected chi connectivity index (χ4v) is 7.09. The topological polar surface area (TPSA) is 57.6 Å². The van der Waals surface area contributed by atoms with Crippen LogP contribution in [-0.2, 0) is 10.2 Å². The molecule has 0 saturated heterocycles. The first kappa shape index (κ1) is 24.5. The second kappa shape index (κ2) is 8.72. The number of allylic oxidation sites excluding steroid dienone is 2. The number of benzene rings is 2. The second-order valence-electron chi connectivity index (χ2n) is 11.5. The summed E-state index contributed by atoms with van der Waals surface area (Å²) in [5.41, 5.74) is 3.09. The SMILES string of the molecule is CC1(C)C(c2ccc(C(=O)O)cc2)=CC[C@]2(C)CN(C(=O)C3(c4ccccc4F)CCCC3)CC=C12. The summed E-state index contributed by atoms with van der Waals surface area (Å²) in [5.74, 6) is -1.16.